The molecule has 19 heavy (non-hydrogen) atoms. The fourth-order valence-corrected chi connectivity index (χ4v) is 3.78. The highest BCUT2D eigenvalue weighted by molar-refractivity contribution is 5.73. The average Bonchev–Trinajstić information content (AvgIpc) is 2.64. The molecule has 0 bridgehead atoms. The number of rotatable bonds is 3. The number of amides is 1. The van der Waals surface area contributed by atoms with Crippen molar-refractivity contribution in [2.75, 3.05) is 19.6 Å². The van der Waals surface area contributed by atoms with Crippen LogP contribution < -0.4 is 11.1 Å². The highest BCUT2D eigenvalue weighted by atomic mass is 16.1. The van der Waals surface area contributed by atoms with E-state index in [1.807, 2.05) is 0 Å². The molecule has 2 aliphatic rings. The molecular formula is C15H29N3O. The van der Waals surface area contributed by atoms with Crippen LogP contribution >= 0.6 is 0 Å². The first kappa shape index (κ1) is 14.8. The van der Waals surface area contributed by atoms with Gasteiger partial charge in [0.25, 0.3) is 0 Å². The lowest BCUT2D eigenvalue weighted by Crippen LogP contribution is -2.50. The molecule has 1 amide bonds. The number of likely N-dealkylation sites (tertiary alicyclic amines) is 1. The molecule has 0 aromatic carbocycles. The Morgan fingerprint density at radius 2 is 1.84 bits per heavy atom. The Bertz CT molecular complexity index is 287. The second kappa shape index (κ2) is 7.25. The molecule has 0 aromatic heterocycles. The summed E-state index contributed by atoms with van der Waals surface area (Å²) in [7, 11) is 0. The molecule has 1 saturated carbocycles. The minimum Gasteiger partial charge on any atom is -0.354 e. The molecule has 2 atom stereocenters. The molecule has 1 saturated heterocycles. The molecule has 2 rings (SSSR count). The van der Waals surface area contributed by atoms with Crippen LogP contribution in [0.15, 0.2) is 0 Å². The van der Waals surface area contributed by atoms with Gasteiger partial charge in [-0.3, -0.25) is 9.69 Å². The van der Waals surface area contributed by atoms with Gasteiger partial charge in [0.05, 0.1) is 0 Å². The first-order valence-electron chi connectivity index (χ1n) is 7.92. The summed E-state index contributed by atoms with van der Waals surface area (Å²) in [5.41, 5.74) is 5.98. The largest absolute Gasteiger partial charge is 0.354 e. The first-order chi connectivity index (χ1) is 9.20. The summed E-state index contributed by atoms with van der Waals surface area (Å²) in [4.78, 5) is 13.7. The number of nitrogens with one attached hydrogen (secondary N) is 1. The van der Waals surface area contributed by atoms with E-state index in [2.05, 4.69) is 10.2 Å². The Morgan fingerprint density at radius 3 is 2.47 bits per heavy atom. The second-order valence-corrected chi connectivity index (χ2v) is 6.21. The van der Waals surface area contributed by atoms with Crippen molar-refractivity contribution in [2.24, 2.45) is 11.7 Å². The number of nitrogens with zero attached hydrogens (tertiary/aromatic N) is 1. The van der Waals surface area contributed by atoms with Crippen molar-refractivity contribution in [1.29, 1.82) is 0 Å². The predicted molar refractivity (Wildman–Crippen MR) is 77.8 cm³/mol. The van der Waals surface area contributed by atoms with Crippen molar-refractivity contribution >= 4 is 5.91 Å². The molecule has 0 radical (unpaired) electrons. The maximum Gasteiger partial charge on any atom is 0.217 e. The molecule has 3 N–H and O–H groups in total. The van der Waals surface area contributed by atoms with E-state index in [1.54, 1.807) is 6.92 Å². The highest BCUT2D eigenvalue weighted by Gasteiger charge is 2.30. The smallest absolute Gasteiger partial charge is 0.217 e. The summed E-state index contributed by atoms with van der Waals surface area (Å²) >= 11 is 0. The topological polar surface area (TPSA) is 58.4 Å². The van der Waals surface area contributed by atoms with Crippen molar-refractivity contribution in [3.8, 4) is 0 Å². The molecular weight excluding hydrogens is 238 g/mol. The zero-order chi connectivity index (χ0) is 13.7. The van der Waals surface area contributed by atoms with Crippen LogP contribution in [0.3, 0.4) is 0 Å². The Hall–Kier alpha value is -0.610. The van der Waals surface area contributed by atoms with Gasteiger partial charge < -0.3 is 11.1 Å². The van der Waals surface area contributed by atoms with Crippen LogP contribution in [-0.2, 0) is 4.79 Å². The second-order valence-electron chi connectivity index (χ2n) is 6.21. The number of carbonyl (C=O) groups excluding carboxylic acids is 1. The van der Waals surface area contributed by atoms with E-state index in [0.717, 1.165) is 32.5 Å². The van der Waals surface area contributed by atoms with Gasteiger partial charge >= 0.3 is 0 Å². The number of piperidine rings is 1. The number of hydrogen-bond acceptors (Lipinski definition) is 3. The van der Waals surface area contributed by atoms with E-state index in [9.17, 15) is 4.79 Å². The van der Waals surface area contributed by atoms with Crippen molar-refractivity contribution < 1.29 is 4.79 Å². The van der Waals surface area contributed by atoms with Gasteiger partial charge in [0, 0.05) is 32.1 Å². The minimum atomic E-state index is 0.104. The Labute approximate surface area is 117 Å². The maximum atomic E-state index is 11.1. The van der Waals surface area contributed by atoms with E-state index in [-0.39, 0.29) is 5.91 Å². The lowest BCUT2D eigenvalue weighted by molar-refractivity contribution is -0.120. The van der Waals surface area contributed by atoms with Gasteiger partial charge in [-0.2, -0.15) is 0 Å². The van der Waals surface area contributed by atoms with E-state index in [0.29, 0.717) is 18.0 Å². The van der Waals surface area contributed by atoms with Crippen LogP contribution in [-0.4, -0.2) is 42.5 Å². The average molecular weight is 267 g/mol. The van der Waals surface area contributed by atoms with E-state index in [4.69, 9.17) is 5.73 Å². The van der Waals surface area contributed by atoms with Crippen LogP contribution in [0.4, 0.5) is 0 Å². The van der Waals surface area contributed by atoms with Gasteiger partial charge in [-0.15, -0.1) is 0 Å². The van der Waals surface area contributed by atoms with Crippen LogP contribution in [0.2, 0.25) is 0 Å². The molecule has 1 aliphatic heterocycles. The van der Waals surface area contributed by atoms with E-state index < -0.39 is 0 Å². The quantitative estimate of drug-likeness (QED) is 0.762. The third-order valence-corrected chi connectivity index (χ3v) is 4.83. The van der Waals surface area contributed by atoms with E-state index in [1.165, 1.54) is 32.1 Å². The van der Waals surface area contributed by atoms with E-state index >= 15 is 0 Å². The van der Waals surface area contributed by atoms with Gasteiger partial charge in [-0.1, -0.05) is 19.3 Å². The Balaban J connectivity index is 1.86. The monoisotopic (exact) mass is 267 g/mol. The molecule has 2 fully saturated rings. The molecule has 4 heteroatoms. The van der Waals surface area contributed by atoms with Crippen molar-refractivity contribution in [2.45, 2.75) is 64.0 Å². The summed E-state index contributed by atoms with van der Waals surface area (Å²) in [6, 6.07) is 1.07. The fourth-order valence-electron chi connectivity index (χ4n) is 3.78. The maximum absolute atomic E-state index is 11.1. The zero-order valence-electron chi connectivity index (χ0n) is 12.2. The molecule has 4 nitrogen and oxygen atoms in total. The molecule has 2 unspecified atom stereocenters. The molecule has 1 heterocycles. The number of hydrogen-bond donors (Lipinski definition) is 2. The third kappa shape index (κ3) is 4.18. The minimum absolute atomic E-state index is 0.104. The van der Waals surface area contributed by atoms with Gasteiger partial charge in [-0.25, -0.2) is 0 Å². The van der Waals surface area contributed by atoms with Gasteiger partial charge in [-0.05, 0) is 38.1 Å². The van der Waals surface area contributed by atoms with Crippen molar-refractivity contribution in [3.05, 3.63) is 0 Å². The van der Waals surface area contributed by atoms with Crippen LogP contribution in [0.1, 0.15) is 51.9 Å². The van der Waals surface area contributed by atoms with Crippen molar-refractivity contribution in [3.63, 3.8) is 0 Å². The summed E-state index contributed by atoms with van der Waals surface area (Å²) in [6.45, 7) is 4.68. The first-order valence-corrected chi connectivity index (χ1v) is 7.92. The lowest BCUT2D eigenvalue weighted by atomic mass is 9.91. The number of nitrogens with two attached hydrogens (primary N) is 1. The van der Waals surface area contributed by atoms with Gasteiger partial charge in [0.15, 0.2) is 0 Å². The summed E-state index contributed by atoms with van der Waals surface area (Å²) in [6.07, 6.45) is 8.86. The summed E-state index contributed by atoms with van der Waals surface area (Å²) in [5, 5.41) is 3.05. The standard InChI is InChI=1S/C15H29N3O/c1-12(19)17-14-7-9-18(10-8-14)15-6-4-2-3-5-13(15)11-16/h13-15H,2-11,16H2,1H3,(H,17,19). The normalized spacial score (nSPS) is 30.8. The highest BCUT2D eigenvalue weighted by Crippen LogP contribution is 2.28. The van der Waals surface area contributed by atoms with Crippen LogP contribution in [0.5, 0.6) is 0 Å². The van der Waals surface area contributed by atoms with Crippen LogP contribution in [0.25, 0.3) is 0 Å². The molecule has 110 valence electrons. The lowest BCUT2D eigenvalue weighted by Gasteiger charge is -2.40. The molecule has 0 spiro atoms. The number of carbonyl (C=O) groups is 1. The third-order valence-electron chi connectivity index (χ3n) is 4.83. The fraction of sp³-hybridized carbons (Fsp3) is 0.933. The van der Waals surface area contributed by atoms with Crippen molar-refractivity contribution in [1.82, 2.24) is 10.2 Å². The predicted octanol–water partition coefficient (Wildman–Crippen LogP) is 1.49. The SMILES string of the molecule is CC(=O)NC1CCN(C2CCCCCC2CN)CC1. The summed E-state index contributed by atoms with van der Waals surface area (Å²) in [5.74, 6) is 0.785. The Morgan fingerprint density at radius 1 is 1.16 bits per heavy atom. The van der Waals surface area contributed by atoms with Gasteiger partial charge in [0.2, 0.25) is 5.91 Å². The molecule has 0 aromatic rings. The molecule has 1 aliphatic carbocycles. The Kier molecular flexibility index (Phi) is 5.64. The summed E-state index contributed by atoms with van der Waals surface area (Å²) < 4.78 is 0. The zero-order valence-corrected chi connectivity index (χ0v) is 12.2. The van der Waals surface area contributed by atoms with Gasteiger partial charge in [0.1, 0.15) is 0 Å². The van der Waals surface area contributed by atoms with Crippen LogP contribution in [0, 0.1) is 5.92 Å².